The van der Waals surface area contributed by atoms with E-state index in [9.17, 15) is 0 Å². The summed E-state index contributed by atoms with van der Waals surface area (Å²) in [6.45, 7) is 0. The molecule has 2 N–H and O–H groups in total. The molecule has 0 fully saturated rings. The Bertz CT molecular complexity index is 770. The standard InChI is InChI=1S/C19H16ClN3S/c20-17-13-7-8-14-18(17)21-19(24)22-23(15-9-3-1-4-10-15)16-11-5-2-6-12-16/h1-14H,(H2,21,22,24). The molecule has 0 aliphatic carbocycles. The first-order chi connectivity index (χ1) is 11.7. The quantitative estimate of drug-likeness (QED) is 0.486. The van der Waals surface area contributed by atoms with Gasteiger partial charge in [-0.3, -0.25) is 10.4 Å². The van der Waals surface area contributed by atoms with E-state index in [1.807, 2.05) is 89.9 Å². The first-order valence-electron chi connectivity index (χ1n) is 7.46. The number of thiocarbonyl (C=S) groups is 1. The molecule has 0 aromatic heterocycles. The highest BCUT2D eigenvalue weighted by molar-refractivity contribution is 7.80. The lowest BCUT2D eigenvalue weighted by molar-refractivity contribution is 0.943. The van der Waals surface area contributed by atoms with E-state index in [0.29, 0.717) is 10.1 Å². The molecule has 0 amide bonds. The van der Waals surface area contributed by atoms with Gasteiger partial charge in [0.2, 0.25) is 0 Å². The number of nitrogens with one attached hydrogen (secondary N) is 2. The summed E-state index contributed by atoms with van der Waals surface area (Å²) >= 11 is 11.6. The Morgan fingerprint density at radius 2 is 1.25 bits per heavy atom. The van der Waals surface area contributed by atoms with Crippen molar-refractivity contribution in [3.05, 3.63) is 90.0 Å². The number of benzene rings is 3. The molecule has 0 atom stereocenters. The topological polar surface area (TPSA) is 27.3 Å². The summed E-state index contributed by atoms with van der Waals surface area (Å²) in [5.41, 5.74) is 5.94. The van der Waals surface area contributed by atoms with Gasteiger partial charge in [-0.2, -0.15) is 0 Å². The van der Waals surface area contributed by atoms with Gasteiger partial charge in [-0.25, -0.2) is 0 Å². The molecule has 0 spiro atoms. The number of hydrogen-bond acceptors (Lipinski definition) is 2. The fourth-order valence-electron chi connectivity index (χ4n) is 2.25. The van der Waals surface area contributed by atoms with Gasteiger partial charge in [0.1, 0.15) is 0 Å². The highest BCUT2D eigenvalue weighted by Gasteiger charge is 2.11. The molecule has 5 heteroatoms. The van der Waals surface area contributed by atoms with Gasteiger partial charge in [-0.05, 0) is 48.6 Å². The smallest absolute Gasteiger partial charge is 0.190 e. The first kappa shape index (κ1) is 16.3. The van der Waals surface area contributed by atoms with Crippen LogP contribution >= 0.6 is 23.8 Å². The number of halogens is 1. The minimum Gasteiger partial charge on any atom is -0.330 e. The second kappa shape index (κ2) is 7.81. The van der Waals surface area contributed by atoms with E-state index in [1.165, 1.54) is 0 Å². The summed E-state index contributed by atoms with van der Waals surface area (Å²) in [5, 5.41) is 6.12. The number of para-hydroxylation sites is 3. The van der Waals surface area contributed by atoms with Crippen LogP contribution in [0.4, 0.5) is 17.1 Å². The summed E-state index contributed by atoms with van der Waals surface area (Å²) in [6.07, 6.45) is 0. The lowest BCUT2D eigenvalue weighted by Crippen LogP contribution is -2.41. The van der Waals surface area contributed by atoms with Crippen LogP contribution < -0.4 is 15.8 Å². The largest absolute Gasteiger partial charge is 0.330 e. The number of rotatable bonds is 4. The predicted molar refractivity (Wildman–Crippen MR) is 106 cm³/mol. The Balaban J connectivity index is 1.82. The number of nitrogens with zero attached hydrogens (tertiary/aromatic N) is 1. The van der Waals surface area contributed by atoms with Crippen LogP contribution in [-0.2, 0) is 0 Å². The third-order valence-corrected chi connectivity index (χ3v) is 3.89. The molecule has 0 unspecified atom stereocenters. The van der Waals surface area contributed by atoms with Crippen LogP contribution in [0.3, 0.4) is 0 Å². The fourth-order valence-corrected chi connectivity index (χ4v) is 2.63. The molecule has 120 valence electrons. The van der Waals surface area contributed by atoms with Crippen molar-refractivity contribution >= 4 is 46.0 Å². The zero-order valence-corrected chi connectivity index (χ0v) is 14.4. The predicted octanol–water partition coefficient (Wildman–Crippen LogP) is 5.38. The van der Waals surface area contributed by atoms with Crippen molar-refractivity contribution < 1.29 is 0 Å². The first-order valence-corrected chi connectivity index (χ1v) is 8.25. The summed E-state index contributed by atoms with van der Waals surface area (Å²) in [6, 6.07) is 27.4. The minimum atomic E-state index is 0.454. The molecule has 0 saturated heterocycles. The van der Waals surface area contributed by atoms with Crippen LogP contribution in [0.25, 0.3) is 0 Å². The SMILES string of the molecule is S=C(Nc1ccccc1Cl)NN(c1ccccc1)c1ccccc1. The van der Waals surface area contributed by atoms with Crippen LogP contribution in [0.15, 0.2) is 84.9 Å². The number of hydrazine groups is 1. The lowest BCUT2D eigenvalue weighted by atomic mass is 10.2. The maximum absolute atomic E-state index is 6.18. The molecular weight excluding hydrogens is 338 g/mol. The van der Waals surface area contributed by atoms with Crippen LogP contribution in [0, 0.1) is 0 Å². The normalized spacial score (nSPS) is 10.0. The molecule has 3 aromatic rings. The molecule has 0 saturated carbocycles. The van der Waals surface area contributed by atoms with Gasteiger partial charge in [-0.1, -0.05) is 60.1 Å². The van der Waals surface area contributed by atoms with Crippen LogP contribution in [0.5, 0.6) is 0 Å². The Hall–Kier alpha value is -2.56. The number of anilines is 3. The van der Waals surface area contributed by atoms with Crippen LogP contribution in [-0.4, -0.2) is 5.11 Å². The maximum atomic E-state index is 6.18. The second-order valence-electron chi connectivity index (χ2n) is 5.05. The van der Waals surface area contributed by atoms with E-state index in [2.05, 4.69) is 10.7 Å². The van der Waals surface area contributed by atoms with Crippen molar-refractivity contribution in [3.63, 3.8) is 0 Å². The lowest BCUT2D eigenvalue weighted by Gasteiger charge is -2.27. The van der Waals surface area contributed by atoms with Crippen molar-refractivity contribution in [3.8, 4) is 0 Å². The Morgan fingerprint density at radius 3 is 1.79 bits per heavy atom. The molecule has 0 aliphatic rings. The second-order valence-corrected chi connectivity index (χ2v) is 5.87. The summed E-state index contributed by atoms with van der Waals surface area (Å²) in [7, 11) is 0. The van der Waals surface area contributed by atoms with Crippen molar-refractivity contribution in [2.45, 2.75) is 0 Å². The minimum absolute atomic E-state index is 0.454. The third kappa shape index (κ3) is 4.04. The molecule has 0 bridgehead atoms. The molecule has 0 aliphatic heterocycles. The van der Waals surface area contributed by atoms with Gasteiger partial charge in [0, 0.05) is 0 Å². The highest BCUT2D eigenvalue weighted by Crippen LogP contribution is 2.23. The molecular formula is C19H16ClN3S. The monoisotopic (exact) mass is 353 g/mol. The maximum Gasteiger partial charge on any atom is 0.190 e. The average Bonchev–Trinajstić information content (AvgIpc) is 2.63. The molecule has 0 heterocycles. The van der Waals surface area contributed by atoms with Crippen molar-refractivity contribution in [2.75, 3.05) is 10.3 Å². The van der Waals surface area contributed by atoms with Crippen molar-refractivity contribution in [1.82, 2.24) is 5.43 Å². The van der Waals surface area contributed by atoms with E-state index >= 15 is 0 Å². The van der Waals surface area contributed by atoms with Crippen LogP contribution in [0.2, 0.25) is 5.02 Å². The summed E-state index contributed by atoms with van der Waals surface area (Å²) < 4.78 is 0. The van der Waals surface area contributed by atoms with Gasteiger partial charge in [0.05, 0.1) is 22.1 Å². The fraction of sp³-hybridized carbons (Fsp3) is 0. The van der Waals surface area contributed by atoms with Gasteiger partial charge < -0.3 is 5.32 Å². The highest BCUT2D eigenvalue weighted by atomic mass is 35.5. The van der Waals surface area contributed by atoms with E-state index in [0.717, 1.165) is 17.1 Å². The Kier molecular flexibility index (Phi) is 5.31. The average molecular weight is 354 g/mol. The molecule has 24 heavy (non-hydrogen) atoms. The van der Waals surface area contributed by atoms with Gasteiger partial charge >= 0.3 is 0 Å². The summed E-state index contributed by atoms with van der Waals surface area (Å²) in [4.78, 5) is 0. The zero-order valence-electron chi connectivity index (χ0n) is 12.8. The van der Waals surface area contributed by atoms with E-state index in [4.69, 9.17) is 23.8 Å². The molecule has 3 nitrogen and oxygen atoms in total. The van der Waals surface area contributed by atoms with Crippen LogP contribution in [0.1, 0.15) is 0 Å². The van der Waals surface area contributed by atoms with E-state index < -0.39 is 0 Å². The molecule has 0 radical (unpaired) electrons. The Morgan fingerprint density at radius 1 is 0.750 bits per heavy atom. The zero-order chi connectivity index (χ0) is 16.8. The Labute approximate surface area is 151 Å². The molecule has 3 aromatic carbocycles. The van der Waals surface area contributed by atoms with Crippen molar-refractivity contribution in [1.29, 1.82) is 0 Å². The van der Waals surface area contributed by atoms with Gasteiger partial charge in [0.15, 0.2) is 5.11 Å². The van der Waals surface area contributed by atoms with Gasteiger partial charge in [0.25, 0.3) is 0 Å². The summed E-state index contributed by atoms with van der Waals surface area (Å²) in [5.74, 6) is 0. The number of hydrogen-bond donors (Lipinski definition) is 2. The van der Waals surface area contributed by atoms with Crippen molar-refractivity contribution in [2.24, 2.45) is 0 Å². The van der Waals surface area contributed by atoms with E-state index in [-0.39, 0.29) is 0 Å². The molecule has 3 rings (SSSR count). The van der Waals surface area contributed by atoms with E-state index in [1.54, 1.807) is 0 Å². The van der Waals surface area contributed by atoms with Gasteiger partial charge in [-0.15, -0.1) is 0 Å². The third-order valence-electron chi connectivity index (χ3n) is 3.36.